The summed E-state index contributed by atoms with van der Waals surface area (Å²) in [6.07, 6.45) is 11.2. The first-order valence-corrected chi connectivity index (χ1v) is 9.02. The van der Waals surface area contributed by atoms with Crippen LogP contribution in [0.2, 0.25) is 0 Å². The second-order valence-corrected chi connectivity index (χ2v) is 8.85. The Bertz CT molecular complexity index is 436. The van der Waals surface area contributed by atoms with Crippen molar-refractivity contribution < 1.29 is 4.79 Å². The lowest BCUT2D eigenvalue weighted by molar-refractivity contribution is -0.129. The third kappa shape index (κ3) is 2.71. The van der Waals surface area contributed by atoms with E-state index >= 15 is 0 Å². The SMILES string of the molecule is NC(=S)C(NC(=O)CC12CC3CC(CC(C3)C1)C2)C1CC1. The number of rotatable bonds is 5. The van der Waals surface area contributed by atoms with Crippen LogP contribution in [0.15, 0.2) is 0 Å². The molecule has 21 heavy (non-hydrogen) atoms. The summed E-state index contributed by atoms with van der Waals surface area (Å²) >= 11 is 5.13. The van der Waals surface area contributed by atoms with E-state index in [-0.39, 0.29) is 11.9 Å². The van der Waals surface area contributed by atoms with Gasteiger partial charge in [-0.15, -0.1) is 0 Å². The van der Waals surface area contributed by atoms with E-state index in [0.29, 0.717) is 22.7 Å². The first-order valence-electron chi connectivity index (χ1n) is 8.62. The van der Waals surface area contributed by atoms with Crippen LogP contribution >= 0.6 is 12.2 Å². The van der Waals surface area contributed by atoms with E-state index < -0.39 is 0 Å². The second-order valence-electron chi connectivity index (χ2n) is 8.38. The van der Waals surface area contributed by atoms with Gasteiger partial charge in [-0.25, -0.2) is 0 Å². The molecule has 1 atom stereocenters. The topological polar surface area (TPSA) is 55.1 Å². The summed E-state index contributed by atoms with van der Waals surface area (Å²) < 4.78 is 0. The van der Waals surface area contributed by atoms with Crippen molar-refractivity contribution in [2.75, 3.05) is 0 Å². The fourth-order valence-corrected chi connectivity index (χ4v) is 6.17. The van der Waals surface area contributed by atoms with E-state index in [1.54, 1.807) is 0 Å². The van der Waals surface area contributed by atoms with Crippen LogP contribution in [0.25, 0.3) is 0 Å². The molecule has 1 unspecified atom stereocenters. The van der Waals surface area contributed by atoms with Crippen molar-refractivity contribution in [1.82, 2.24) is 5.32 Å². The number of carbonyl (C=O) groups excluding carboxylic acids is 1. The zero-order valence-electron chi connectivity index (χ0n) is 12.6. The third-order valence-electron chi connectivity index (χ3n) is 6.42. The molecule has 5 rings (SSSR count). The van der Waals surface area contributed by atoms with Gasteiger partial charge in [0.25, 0.3) is 0 Å². The first-order chi connectivity index (χ1) is 10.0. The summed E-state index contributed by atoms with van der Waals surface area (Å²) in [6, 6.07) is -0.0542. The Morgan fingerprint density at radius 2 is 1.67 bits per heavy atom. The van der Waals surface area contributed by atoms with Gasteiger partial charge >= 0.3 is 0 Å². The normalized spacial score (nSPS) is 41.8. The molecule has 0 aromatic rings. The number of hydrogen-bond donors (Lipinski definition) is 2. The Morgan fingerprint density at radius 1 is 1.14 bits per heavy atom. The predicted octanol–water partition coefficient (Wildman–Crippen LogP) is 2.77. The Hall–Kier alpha value is -0.640. The number of hydrogen-bond acceptors (Lipinski definition) is 2. The predicted molar refractivity (Wildman–Crippen MR) is 86.7 cm³/mol. The molecule has 5 saturated carbocycles. The average molecular weight is 306 g/mol. The zero-order valence-corrected chi connectivity index (χ0v) is 13.5. The zero-order chi connectivity index (χ0) is 14.6. The van der Waals surface area contributed by atoms with Crippen LogP contribution in [0, 0.1) is 29.1 Å². The lowest BCUT2D eigenvalue weighted by Crippen LogP contribution is -2.50. The summed E-state index contributed by atoms with van der Waals surface area (Å²) in [5.41, 5.74) is 6.11. The molecule has 0 radical (unpaired) electrons. The molecule has 5 aliphatic carbocycles. The van der Waals surface area contributed by atoms with Gasteiger partial charge in [-0.1, -0.05) is 12.2 Å². The van der Waals surface area contributed by atoms with Crippen molar-refractivity contribution in [3.8, 4) is 0 Å². The smallest absolute Gasteiger partial charge is 0.221 e. The van der Waals surface area contributed by atoms with Crippen molar-refractivity contribution in [2.24, 2.45) is 34.8 Å². The highest BCUT2D eigenvalue weighted by Crippen LogP contribution is 2.61. The number of nitrogens with two attached hydrogens (primary N) is 1. The lowest BCUT2D eigenvalue weighted by atomic mass is 9.49. The monoisotopic (exact) mass is 306 g/mol. The van der Waals surface area contributed by atoms with Gasteiger partial charge in [0, 0.05) is 6.42 Å². The summed E-state index contributed by atoms with van der Waals surface area (Å²) in [5.74, 6) is 3.40. The van der Waals surface area contributed by atoms with Gasteiger partial charge in [-0.05, 0) is 80.5 Å². The Morgan fingerprint density at radius 3 is 2.10 bits per heavy atom. The van der Waals surface area contributed by atoms with Gasteiger partial charge in [-0.2, -0.15) is 0 Å². The highest BCUT2D eigenvalue weighted by atomic mass is 32.1. The van der Waals surface area contributed by atoms with Crippen LogP contribution in [0.4, 0.5) is 0 Å². The summed E-state index contributed by atoms with van der Waals surface area (Å²) in [7, 11) is 0. The highest BCUT2D eigenvalue weighted by molar-refractivity contribution is 7.80. The van der Waals surface area contributed by atoms with Gasteiger partial charge < -0.3 is 11.1 Å². The summed E-state index contributed by atoms with van der Waals surface area (Å²) in [4.78, 5) is 13.0. The maximum absolute atomic E-state index is 12.5. The van der Waals surface area contributed by atoms with E-state index in [2.05, 4.69) is 5.32 Å². The minimum atomic E-state index is -0.0542. The fourth-order valence-electron chi connectivity index (χ4n) is 5.92. The van der Waals surface area contributed by atoms with E-state index in [9.17, 15) is 4.79 Å². The van der Waals surface area contributed by atoms with Crippen molar-refractivity contribution >= 4 is 23.1 Å². The maximum atomic E-state index is 12.5. The first kappa shape index (κ1) is 14.0. The van der Waals surface area contributed by atoms with E-state index in [4.69, 9.17) is 18.0 Å². The average Bonchev–Trinajstić information content (AvgIpc) is 3.17. The van der Waals surface area contributed by atoms with E-state index in [1.165, 1.54) is 38.5 Å². The largest absolute Gasteiger partial charge is 0.392 e. The molecule has 0 aromatic carbocycles. The molecule has 1 amide bonds. The van der Waals surface area contributed by atoms with Gasteiger partial charge in [0.15, 0.2) is 0 Å². The third-order valence-corrected chi connectivity index (χ3v) is 6.67. The van der Waals surface area contributed by atoms with Crippen molar-refractivity contribution in [1.29, 1.82) is 0 Å². The number of amides is 1. The molecule has 4 heteroatoms. The highest BCUT2D eigenvalue weighted by Gasteiger charge is 2.51. The van der Waals surface area contributed by atoms with Crippen molar-refractivity contribution in [3.05, 3.63) is 0 Å². The molecule has 3 nitrogen and oxygen atoms in total. The standard InChI is InChI=1S/C17H26N2OS/c18-16(21)15(13-1-2-13)19-14(20)9-17-6-10-3-11(7-17)5-12(4-10)8-17/h10-13,15H,1-9H2,(H2,18,21)(H,19,20). The lowest BCUT2D eigenvalue weighted by Gasteiger charge is -2.56. The van der Waals surface area contributed by atoms with Gasteiger partial charge in [-0.3, -0.25) is 4.79 Å². The maximum Gasteiger partial charge on any atom is 0.221 e. The molecule has 4 bridgehead atoms. The molecule has 116 valence electrons. The van der Waals surface area contributed by atoms with Crippen LogP contribution in [-0.4, -0.2) is 16.9 Å². The van der Waals surface area contributed by atoms with Crippen LogP contribution < -0.4 is 11.1 Å². The van der Waals surface area contributed by atoms with Gasteiger partial charge in [0.2, 0.25) is 5.91 Å². The molecule has 5 fully saturated rings. The minimum absolute atomic E-state index is 0.0542. The Kier molecular flexibility index (Phi) is 3.29. The molecule has 0 saturated heterocycles. The molecule has 0 aromatic heterocycles. The van der Waals surface area contributed by atoms with Crippen LogP contribution in [0.1, 0.15) is 57.8 Å². The Labute approximate surface area is 132 Å². The molecule has 0 heterocycles. The molecular weight excluding hydrogens is 280 g/mol. The quantitative estimate of drug-likeness (QED) is 0.768. The van der Waals surface area contributed by atoms with Crippen molar-refractivity contribution in [3.63, 3.8) is 0 Å². The van der Waals surface area contributed by atoms with Gasteiger partial charge in [0.1, 0.15) is 0 Å². The Balaban J connectivity index is 1.41. The van der Waals surface area contributed by atoms with E-state index in [1.807, 2.05) is 0 Å². The van der Waals surface area contributed by atoms with Crippen molar-refractivity contribution in [2.45, 2.75) is 63.8 Å². The summed E-state index contributed by atoms with van der Waals surface area (Å²) in [5, 5.41) is 3.15. The number of nitrogens with one attached hydrogen (secondary N) is 1. The van der Waals surface area contributed by atoms with Gasteiger partial charge in [0.05, 0.1) is 11.0 Å². The van der Waals surface area contributed by atoms with Crippen LogP contribution in [-0.2, 0) is 4.79 Å². The number of carbonyl (C=O) groups is 1. The number of thiocarbonyl (C=S) groups is 1. The molecule has 0 aliphatic heterocycles. The molecule has 5 aliphatic rings. The fraction of sp³-hybridized carbons (Fsp3) is 0.882. The van der Waals surface area contributed by atoms with Crippen LogP contribution in [0.5, 0.6) is 0 Å². The molecule has 0 spiro atoms. The molecule has 3 N–H and O–H groups in total. The summed E-state index contributed by atoms with van der Waals surface area (Å²) in [6.45, 7) is 0. The minimum Gasteiger partial charge on any atom is -0.392 e. The second kappa shape index (κ2) is 4.94. The van der Waals surface area contributed by atoms with E-state index in [0.717, 1.165) is 30.6 Å². The van der Waals surface area contributed by atoms with Crippen LogP contribution in [0.3, 0.4) is 0 Å². The molecular formula is C17H26N2OS.